The van der Waals surface area contributed by atoms with Crippen molar-refractivity contribution in [2.75, 3.05) is 5.32 Å². The van der Waals surface area contributed by atoms with E-state index in [2.05, 4.69) is 10.3 Å². The maximum absolute atomic E-state index is 13.2. The highest BCUT2D eigenvalue weighted by Crippen LogP contribution is 2.31. The van der Waals surface area contributed by atoms with Crippen LogP contribution in [0.15, 0.2) is 48.7 Å². The summed E-state index contributed by atoms with van der Waals surface area (Å²) in [5.74, 6) is 0.290. The molecule has 0 aromatic carbocycles. The number of carbonyl (C=O) groups is 1. The summed E-state index contributed by atoms with van der Waals surface area (Å²) >= 11 is 0. The number of hydrogen-bond donors (Lipinski definition) is 1. The molecule has 1 N–H and O–H groups in total. The van der Waals surface area contributed by atoms with Gasteiger partial charge in [-0.25, -0.2) is 22.2 Å². The van der Waals surface area contributed by atoms with E-state index in [4.69, 9.17) is 4.74 Å². The third-order valence-corrected chi connectivity index (χ3v) is 6.52. The summed E-state index contributed by atoms with van der Waals surface area (Å²) in [4.78, 5) is 16.2. The molecule has 8 heteroatoms. The fourth-order valence-corrected chi connectivity index (χ4v) is 4.45. The first kappa shape index (κ1) is 19.2. The van der Waals surface area contributed by atoms with Crippen LogP contribution in [0.3, 0.4) is 0 Å². The molecule has 1 aliphatic rings. The quantitative estimate of drug-likeness (QED) is 0.861. The van der Waals surface area contributed by atoms with Crippen LogP contribution in [0.4, 0.5) is 10.6 Å². The molecule has 1 unspecified atom stereocenters. The highest BCUT2D eigenvalue weighted by Gasteiger charge is 2.38. The minimum Gasteiger partial charge on any atom is -0.444 e. The van der Waals surface area contributed by atoms with E-state index >= 15 is 0 Å². The minimum absolute atomic E-state index is 0.290. The highest BCUT2D eigenvalue weighted by molar-refractivity contribution is 7.91. The number of aromatic nitrogens is 2. The van der Waals surface area contributed by atoms with Crippen LogP contribution in [-0.2, 0) is 14.8 Å². The Balaban J connectivity index is 1.91. The molecule has 1 atom stereocenters. The van der Waals surface area contributed by atoms with Gasteiger partial charge in [0.05, 0.1) is 11.0 Å². The van der Waals surface area contributed by atoms with E-state index in [1.807, 2.05) is 12.2 Å². The van der Waals surface area contributed by atoms with Crippen molar-refractivity contribution in [1.29, 1.82) is 0 Å². The molecule has 2 aromatic heterocycles. The summed E-state index contributed by atoms with van der Waals surface area (Å²) < 4.78 is 31.7. The number of hydrogen-bond acceptors (Lipinski definition) is 5. The lowest BCUT2D eigenvalue weighted by atomic mass is 10.0. The maximum atomic E-state index is 13.2. The average Bonchev–Trinajstić information content (AvgIpc) is 2.97. The predicted molar refractivity (Wildman–Crippen MR) is 105 cm³/mol. The number of carbonyl (C=O) groups excluding carboxylic acids is 1. The number of nitrogens with one attached hydrogen (secondary N) is 1. The fourth-order valence-electron chi connectivity index (χ4n) is 2.81. The third-order valence-electron chi connectivity index (χ3n) is 4.20. The molecule has 0 saturated carbocycles. The number of ether oxygens (including phenoxy) is 1. The first-order valence-electron chi connectivity index (χ1n) is 8.59. The second-order valence-corrected chi connectivity index (χ2v) is 9.92. The lowest BCUT2D eigenvalue weighted by molar-refractivity contribution is 0.0635. The number of allylic oxidation sites excluding steroid dienone is 3. The van der Waals surface area contributed by atoms with Gasteiger partial charge in [0, 0.05) is 6.20 Å². The molecular formula is C19H23N3O4S. The van der Waals surface area contributed by atoms with E-state index in [-0.39, 0.29) is 0 Å². The third kappa shape index (κ3) is 3.75. The molecule has 0 spiro atoms. The molecule has 27 heavy (non-hydrogen) atoms. The van der Waals surface area contributed by atoms with Crippen LogP contribution in [0.25, 0.3) is 11.0 Å². The van der Waals surface area contributed by atoms with E-state index in [0.29, 0.717) is 23.3 Å². The average molecular weight is 389 g/mol. The lowest BCUT2D eigenvalue weighted by Crippen LogP contribution is -2.37. The lowest BCUT2D eigenvalue weighted by Gasteiger charge is -2.27. The Morgan fingerprint density at radius 1 is 1.26 bits per heavy atom. The summed E-state index contributed by atoms with van der Waals surface area (Å²) in [6, 6.07) is 4.79. The van der Waals surface area contributed by atoms with Crippen molar-refractivity contribution in [3.8, 4) is 0 Å². The minimum atomic E-state index is -3.68. The van der Waals surface area contributed by atoms with Crippen molar-refractivity contribution in [3.05, 3.63) is 48.7 Å². The second-order valence-electron chi connectivity index (χ2n) is 7.65. The number of rotatable bonds is 3. The van der Waals surface area contributed by atoms with Crippen molar-refractivity contribution >= 4 is 33.0 Å². The van der Waals surface area contributed by atoms with Gasteiger partial charge < -0.3 is 4.74 Å². The normalized spacial score (nSPS) is 20.0. The van der Waals surface area contributed by atoms with Crippen LogP contribution in [-0.4, -0.2) is 33.8 Å². The van der Waals surface area contributed by atoms with Gasteiger partial charge in [-0.15, -0.1) is 0 Å². The fraction of sp³-hybridized carbons (Fsp3) is 0.368. The molecule has 1 amide bonds. The van der Waals surface area contributed by atoms with Gasteiger partial charge in [0.2, 0.25) is 10.0 Å². The van der Waals surface area contributed by atoms with Crippen molar-refractivity contribution in [2.45, 2.75) is 44.5 Å². The van der Waals surface area contributed by atoms with Gasteiger partial charge in [0.1, 0.15) is 16.2 Å². The Morgan fingerprint density at radius 3 is 2.63 bits per heavy atom. The van der Waals surface area contributed by atoms with E-state index in [0.717, 1.165) is 0 Å². The standard InChI is InChI=1S/C19H23N3O4S/c1-18(2,3)26-17(23)21-16-9-8-15-14(20-16)10-13-22(15)27(24,25)19(4)11-6-5-7-12-19/h5-11,13H,12H2,1-4H3,(H,20,21,23). The molecule has 0 bridgehead atoms. The van der Waals surface area contributed by atoms with Gasteiger partial charge in [-0.1, -0.05) is 24.3 Å². The van der Waals surface area contributed by atoms with Crippen LogP contribution in [0.5, 0.6) is 0 Å². The number of pyridine rings is 1. The molecule has 0 aliphatic heterocycles. The van der Waals surface area contributed by atoms with E-state index < -0.39 is 26.5 Å². The zero-order chi connectivity index (χ0) is 19.9. The van der Waals surface area contributed by atoms with Gasteiger partial charge in [-0.3, -0.25) is 5.32 Å². The summed E-state index contributed by atoms with van der Waals surface area (Å²) in [5, 5.41) is 2.56. The number of amides is 1. The number of fused-ring (bicyclic) bond motifs is 1. The van der Waals surface area contributed by atoms with Gasteiger partial charge >= 0.3 is 6.09 Å². The van der Waals surface area contributed by atoms with E-state index in [1.54, 1.807) is 58.0 Å². The molecule has 0 saturated heterocycles. The van der Waals surface area contributed by atoms with Crippen LogP contribution in [0.1, 0.15) is 34.1 Å². The molecule has 7 nitrogen and oxygen atoms in total. The van der Waals surface area contributed by atoms with E-state index in [9.17, 15) is 13.2 Å². The van der Waals surface area contributed by atoms with Gasteiger partial charge in [-0.05, 0) is 52.3 Å². The number of nitrogens with zero attached hydrogens (tertiary/aromatic N) is 2. The molecule has 1 aliphatic carbocycles. The molecular weight excluding hydrogens is 366 g/mol. The second kappa shape index (κ2) is 6.53. The Hall–Kier alpha value is -2.61. The topological polar surface area (TPSA) is 90.3 Å². The summed E-state index contributed by atoms with van der Waals surface area (Å²) in [7, 11) is -3.68. The smallest absolute Gasteiger partial charge is 0.413 e. The summed E-state index contributed by atoms with van der Waals surface area (Å²) in [6.07, 6.45) is 8.38. The van der Waals surface area contributed by atoms with Crippen LogP contribution in [0.2, 0.25) is 0 Å². The van der Waals surface area contributed by atoms with Crippen molar-refractivity contribution < 1.29 is 17.9 Å². The molecule has 0 radical (unpaired) electrons. The Bertz CT molecular complexity index is 1040. The van der Waals surface area contributed by atoms with E-state index in [1.165, 1.54) is 10.2 Å². The molecule has 144 valence electrons. The summed E-state index contributed by atoms with van der Waals surface area (Å²) in [6.45, 7) is 7.00. The van der Waals surface area contributed by atoms with Crippen molar-refractivity contribution in [3.63, 3.8) is 0 Å². The SMILES string of the molecule is CC(C)(C)OC(=O)Nc1ccc2c(ccn2S(=O)(=O)C2(C)C=CC=CC2)n1. The number of anilines is 1. The highest BCUT2D eigenvalue weighted by atomic mass is 32.2. The zero-order valence-corrected chi connectivity index (χ0v) is 16.6. The van der Waals surface area contributed by atoms with Crippen molar-refractivity contribution in [2.24, 2.45) is 0 Å². The first-order valence-corrected chi connectivity index (χ1v) is 10.0. The Kier molecular flexibility index (Phi) is 4.63. The molecule has 0 fully saturated rings. The Labute approximate surface area is 158 Å². The van der Waals surface area contributed by atoms with Crippen LogP contribution >= 0.6 is 0 Å². The zero-order valence-electron chi connectivity index (χ0n) is 15.8. The first-order chi connectivity index (χ1) is 12.5. The predicted octanol–water partition coefficient (Wildman–Crippen LogP) is 3.84. The van der Waals surface area contributed by atoms with Gasteiger partial charge in [0.25, 0.3) is 0 Å². The summed E-state index contributed by atoms with van der Waals surface area (Å²) in [5.41, 5.74) is 0.295. The van der Waals surface area contributed by atoms with Gasteiger partial charge in [-0.2, -0.15) is 0 Å². The van der Waals surface area contributed by atoms with Crippen LogP contribution in [0, 0.1) is 0 Å². The monoisotopic (exact) mass is 389 g/mol. The van der Waals surface area contributed by atoms with Gasteiger partial charge in [0.15, 0.2) is 0 Å². The largest absolute Gasteiger partial charge is 0.444 e. The molecule has 2 heterocycles. The molecule has 3 rings (SSSR count). The van der Waals surface area contributed by atoms with Crippen molar-refractivity contribution in [1.82, 2.24) is 8.96 Å². The van der Waals surface area contributed by atoms with Crippen LogP contribution < -0.4 is 5.32 Å². The molecule has 2 aromatic rings. The Morgan fingerprint density at radius 2 is 2.00 bits per heavy atom. The maximum Gasteiger partial charge on any atom is 0.413 e.